The van der Waals surface area contributed by atoms with Crippen LogP contribution in [-0.4, -0.2) is 27.7 Å². The minimum absolute atomic E-state index is 0.148. The predicted molar refractivity (Wildman–Crippen MR) is 105 cm³/mol. The summed E-state index contributed by atoms with van der Waals surface area (Å²) in [6.07, 6.45) is 1.99. The number of imide groups is 1. The molecule has 0 saturated carbocycles. The van der Waals surface area contributed by atoms with Crippen molar-refractivity contribution in [2.24, 2.45) is 0 Å². The van der Waals surface area contributed by atoms with Gasteiger partial charge in [0.05, 0.1) is 5.38 Å². The molecule has 2 atom stereocenters. The fourth-order valence-corrected chi connectivity index (χ4v) is 4.60. The molecule has 132 valence electrons. The van der Waals surface area contributed by atoms with Crippen LogP contribution in [0, 0.1) is 0 Å². The van der Waals surface area contributed by atoms with E-state index in [2.05, 4.69) is 4.57 Å². The van der Waals surface area contributed by atoms with Crippen LogP contribution >= 0.6 is 23.4 Å². The molecule has 4 nitrogen and oxygen atoms in total. The maximum absolute atomic E-state index is 12.4. The highest BCUT2D eigenvalue weighted by molar-refractivity contribution is 8.15. The molecule has 0 radical (unpaired) electrons. The number of thioether (sulfide) groups is 1. The summed E-state index contributed by atoms with van der Waals surface area (Å²) in [5, 5.41) is 0.151. The van der Waals surface area contributed by atoms with Crippen LogP contribution in [0.3, 0.4) is 0 Å². The summed E-state index contributed by atoms with van der Waals surface area (Å²) in [7, 11) is 1.53. The lowest BCUT2D eigenvalue weighted by Crippen LogP contribution is -2.24. The number of nitrogens with zero attached hydrogens (tertiary/aromatic N) is 2. The van der Waals surface area contributed by atoms with Gasteiger partial charge in [0, 0.05) is 30.7 Å². The number of aromatic nitrogens is 1. The van der Waals surface area contributed by atoms with E-state index in [9.17, 15) is 9.59 Å². The number of rotatable bonds is 4. The minimum atomic E-state index is -0.479. The molecule has 1 fully saturated rings. The van der Waals surface area contributed by atoms with E-state index in [1.807, 2.05) is 60.8 Å². The van der Waals surface area contributed by atoms with Gasteiger partial charge in [-0.1, -0.05) is 42.5 Å². The van der Waals surface area contributed by atoms with Crippen molar-refractivity contribution in [1.82, 2.24) is 9.47 Å². The highest BCUT2D eigenvalue weighted by Crippen LogP contribution is 2.41. The van der Waals surface area contributed by atoms with E-state index < -0.39 is 5.25 Å². The molecular weight excluding hydrogens is 368 g/mol. The Bertz CT molecular complexity index is 986. The number of fused-ring (bicyclic) bond motifs is 1. The molecule has 2 unspecified atom stereocenters. The monoisotopic (exact) mass is 384 g/mol. The van der Waals surface area contributed by atoms with Gasteiger partial charge in [0.2, 0.25) is 5.91 Å². The largest absolute Gasteiger partial charge is 0.346 e. The Morgan fingerprint density at radius 1 is 1.08 bits per heavy atom. The number of likely N-dealkylation sites (N-methyl/N-ethyl adjacent to an activating group) is 1. The SMILES string of the molecule is CN1C(=O)SC(c2cccc3c2ccn3CC(Cl)c2ccccc2)C1=O. The first-order valence-corrected chi connectivity index (χ1v) is 9.63. The predicted octanol–water partition coefficient (Wildman–Crippen LogP) is 4.99. The van der Waals surface area contributed by atoms with Gasteiger partial charge < -0.3 is 4.57 Å². The highest BCUT2D eigenvalue weighted by atomic mass is 35.5. The van der Waals surface area contributed by atoms with Crippen LogP contribution in [0.1, 0.15) is 21.8 Å². The maximum Gasteiger partial charge on any atom is 0.289 e. The molecule has 26 heavy (non-hydrogen) atoms. The van der Waals surface area contributed by atoms with Gasteiger partial charge in [-0.3, -0.25) is 14.5 Å². The Labute approximate surface area is 160 Å². The molecule has 1 aliphatic heterocycles. The van der Waals surface area contributed by atoms with Crippen molar-refractivity contribution in [3.63, 3.8) is 0 Å². The second kappa shape index (κ2) is 6.82. The van der Waals surface area contributed by atoms with Crippen LogP contribution in [0.4, 0.5) is 4.79 Å². The molecule has 2 heterocycles. The summed E-state index contributed by atoms with van der Waals surface area (Å²) in [4.78, 5) is 25.4. The molecule has 3 aromatic rings. The van der Waals surface area contributed by atoms with Crippen LogP contribution in [-0.2, 0) is 11.3 Å². The van der Waals surface area contributed by atoms with Crippen molar-refractivity contribution in [3.8, 4) is 0 Å². The molecule has 0 aliphatic carbocycles. The number of carbonyl (C=O) groups excluding carboxylic acids is 2. The highest BCUT2D eigenvalue weighted by Gasteiger charge is 2.39. The van der Waals surface area contributed by atoms with Crippen molar-refractivity contribution in [2.75, 3.05) is 7.05 Å². The average Bonchev–Trinajstić information content (AvgIpc) is 3.19. The third-order valence-corrected chi connectivity index (χ3v) is 6.25. The number of carbonyl (C=O) groups is 2. The van der Waals surface area contributed by atoms with Crippen molar-refractivity contribution in [2.45, 2.75) is 17.2 Å². The van der Waals surface area contributed by atoms with Gasteiger partial charge in [0.25, 0.3) is 5.24 Å². The zero-order chi connectivity index (χ0) is 18.3. The summed E-state index contributed by atoms with van der Waals surface area (Å²) < 4.78 is 2.10. The van der Waals surface area contributed by atoms with Crippen molar-refractivity contribution >= 4 is 45.4 Å². The topological polar surface area (TPSA) is 42.3 Å². The van der Waals surface area contributed by atoms with Gasteiger partial charge in [-0.25, -0.2) is 0 Å². The van der Waals surface area contributed by atoms with E-state index in [1.165, 1.54) is 11.9 Å². The molecule has 2 aromatic carbocycles. The van der Waals surface area contributed by atoms with Gasteiger partial charge in [0.1, 0.15) is 5.25 Å². The van der Waals surface area contributed by atoms with Crippen molar-refractivity contribution < 1.29 is 9.59 Å². The molecule has 2 amide bonds. The van der Waals surface area contributed by atoms with E-state index in [0.29, 0.717) is 6.54 Å². The zero-order valence-corrected chi connectivity index (χ0v) is 15.7. The van der Waals surface area contributed by atoms with Gasteiger partial charge in [-0.05, 0) is 35.0 Å². The fourth-order valence-electron chi connectivity index (χ4n) is 3.27. The third kappa shape index (κ3) is 2.91. The molecule has 0 N–H and O–H groups in total. The summed E-state index contributed by atoms with van der Waals surface area (Å²) in [5.41, 5.74) is 2.96. The summed E-state index contributed by atoms with van der Waals surface area (Å²) in [6, 6.07) is 17.8. The van der Waals surface area contributed by atoms with Crippen LogP contribution in [0.15, 0.2) is 60.8 Å². The summed E-state index contributed by atoms with van der Waals surface area (Å²) in [5.74, 6) is -0.167. The van der Waals surface area contributed by atoms with Gasteiger partial charge >= 0.3 is 0 Å². The van der Waals surface area contributed by atoms with E-state index in [1.54, 1.807) is 0 Å². The molecular formula is C20H17ClN2O2S. The van der Waals surface area contributed by atoms with Gasteiger partial charge in [-0.2, -0.15) is 0 Å². The summed E-state index contributed by atoms with van der Waals surface area (Å²) >= 11 is 7.67. The number of hydrogen-bond donors (Lipinski definition) is 0. The number of hydrogen-bond acceptors (Lipinski definition) is 3. The van der Waals surface area contributed by atoms with E-state index in [0.717, 1.165) is 33.8 Å². The van der Waals surface area contributed by atoms with Gasteiger partial charge in [0.15, 0.2) is 0 Å². The van der Waals surface area contributed by atoms with Crippen molar-refractivity contribution in [1.29, 1.82) is 0 Å². The van der Waals surface area contributed by atoms with E-state index in [4.69, 9.17) is 11.6 Å². The quantitative estimate of drug-likeness (QED) is 0.595. The maximum atomic E-state index is 12.4. The average molecular weight is 385 g/mol. The first kappa shape index (κ1) is 17.2. The Kier molecular flexibility index (Phi) is 4.51. The number of amides is 2. The lowest BCUT2D eigenvalue weighted by molar-refractivity contribution is -0.125. The van der Waals surface area contributed by atoms with Crippen LogP contribution < -0.4 is 0 Å². The van der Waals surface area contributed by atoms with E-state index in [-0.39, 0.29) is 16.5 Å². The smallest absolute Gasteiger partial charge is 0.289 e. The van der Waals surface area contributed by atoms with Crippen LogP contribution in [0.5, 0.6) is 0 Å². The molecule has 1 aromatic heterocycles. The Balaban J connectivity index is 1.68. The Morgan fingerprint density at radius 3 is 2.54 bits per heavy atom. The van der Waals surface area contributed by atoms with Crippen LogP contribution in [0.25, 0.3) is 10.9 Å². The fraction of sp³-hybridized carbons (Fsp3) is 0.200. The number of benzene rings is 2. The molecule has 0 bridgehead atoms. The Morgan fingerprint density at radius 2 is 1.85 bits per heavy atom. The molecule has 6 heteroatoms. The Hall–Kier alpha value is -2.24. The summed E-state index contributed by atoms with van der Waals surface area (Å²) in [6.45, 7) is 0.628. The second-order valence-electron chi connectivity index (χ2n) is 6.29. The van der Waals surface area contributed by atoms with Crippen LogP contribution in [0.2, 0.25) is 0 Å². The molecule has 1 aliphatic rings. The van der Waals surface area contributed by atoms with Crippen molar-refractivity contribution in [3.05, 3.63) is 71.9 Å². The zero-order valence-electron chi connectivity index (χ0n) is 14.1. The molecule has 1 saturated heterocycles. The minimum Gasteiger partial charge on any atom is -0.346 e. The second-order valence-corrected chi connectivity index (χ2v) is 7.87. The first-order chi connectivity index (χ1) is 12.6. The normalized spacial score (nSPS) is 18.7. The van der Waals surface area contributed by atoms with E-state index >= 15 is 0 Å². The third-order valence-electron chi connectivity index (χ3n) is 4.70. The molecule has 4 rings (SSSR count). The first-order valence-electron chi connectivity index (χ1n) is 8.31. The lowest BCUT2D eigenvalue weighted by Gasteiger charge is -2.13. The standard InChI is InChI=1S/C20H17ClN2O2S/c1-22-19(24)18(26-20(22)25)15-8-5-9-17-14(15)10-11-23(17)12-16(21)13-6-3-2-4-7-13/h2-11,16,18H,12H2,1H3. The lowest BCUT2D eigenvalue weighted by atomic mass is 10.1. The molecule has 0 spiro atoms. The number of halogens is 1. The van der Waals surface area contributed by atoms with Gasteiger partial charge in [-0.15, -0.1) is 11.6 Å². The number of alkyl halides is 1.